The highest BCUT2D eigenvalue weighted by molar-refractivity contribution is 5.95. The SMILES string of the molecule is Cc1cc(C)cc(NC(=O)C2CCN(C(=O)c3ccc(C(C)(C)C)cc3)CC2)c1. The summed E-state index contributed by atoms with van der Waals surface area (Å²) in [5.74, 6) is 0.0541. The van der Waals surface area contributed by atoms with Crippen LogP contribution in [-0.4, -0.2) is 29.8 Å². The standard InChI is InChI=1S/C25H32N2O2/c1-17-14-18(2)16-22(15-17)26-23(28)19-10-12-27(13-11-19)24(29)20-6-8-21(9-7-20)25(3,4)5/h6-9,14-16,19H,10-13H2,1-5H3,(H,26,28). The van der Waals surface area contributed by atoms with Gasteiger partial charge in [-0.05, 0) is 73.1 Å². The van der Waals surface area contributed by atoms with Crippen molar-refractivity contribution >= 4 is 17.5 Å². The predicted molar refractivity (Wildman–Crippen MR) is 118 cm³/mol. The summed E-state index contributed by atoms with van der Waals surface area (Å²) in [5, 5.41) is 3.05. The van der Waals surface area contributed by atoms with E-state index in [1.807, 2.05) is 55.1 Å². The van der Waals surface area contributed by atoms with Gasteiger partial charge in [-0.2, -0.15) is 0 Å². The number of likely N-dealkylation sites (tertiary alicyclic amines) is 1. The first-order chi connectivity index (χ1) is 13.6. The number of piperidine rings is 1. The maximum atomic E-state index is 12.8. The highest BCUT2D eigenvalue weighted by Crippen LogP contribution is 2.24. The molecule has 1 aliphatic rings. The predicted octanol–water partition coefficient (Wildman–Crippen LogP) is 5.09. The number of benzene rings is 2. The van der Waals surface area contributed by atoms with Gasteiger partial charge in [0.2, 0.25) is 5.91 Å². The molecule has 3 rings (SSSR count). The van der Waals surface area contributed by atoms with Gasteiger partial charge >= 0.3 is 0 Å². The zero-order chi connectivity index (χ0) is 21.2. The summed E-state index contributed by atoms with van der Waals surface area (Å²) in [6, 6.07) is 14.0. The molecule has 0 spiro atoms. The van der Waals surface area contributed by atoms with E-state index in [2.05, 4.69) is 32.2 Å². The highest BCUT2D eigenvalue weighted by atomic mass is 16.2. The minimum absolute atomic E-state index is 0.0524. The summed E-state index contributed by atoms with van der Waals surface area (Å²) in [5.41, 5.74) is 5.14. The van der Waals surface area contributed by atoms with Gasteiger partial charge in [0, 0.05) is 30.3 Å². The van der Waals surface area contributed by atoms with Crippen molar-refractivity contribution in [2.75, 3.05) is 18.4 Å². The molecule has 29 heavy (non-hydrogen) atoms. The van der Waals surface area contributed by atoms with Crippen LogP contribution in [0.15, 0.2) is 42.5 Å². The molecule has 2 aromatic carbocycles. The Morgan fingerprint density at radius 1 is 0.931 bits per heavy atom. The molecule has 1 N–H and O–H groups in total. The number of amides is 2. The maximum Gasteiger partial charge on any atom is 0.253 e. The second-order valence-electron chi connectivity index (χ2n) is 9.26. The number of hydrogen-bond donors (Lipinski definition) is 1. The van der Waals surface area contributed by atoms with E-state index in [0.717, 1.165) is 22.4 Å². The van der Waals surface area contributed by atoms with E-state index in [-0.39, 0.29) is 23.1 Å². The molecule has 1 saturated heterocycles. The molecular formula is C25H32N2O2. The van der Waals surface area contributed by atoms with Gasteiger partial charge in [-0.3, -0.25) is 9.59 Å². The van der Waals surface area contributed by atoms with Crippen LogP contribution < -0.4 is 5.32 Å². The van der Waals surface area contributed by atoms with Gasteiger partial charge in [-0.25, -0.2) is 0 Å². The van der Waals surface area contributed by atoms with Crippen molar-refractivity contribution in [2.24, 2.45) is 5.92 Å². The normalized spacial score (nSPS) is 15.3. The van der Waals surface area contributed by atoms with E-state index < -0.39 is 0 Å². The third-order valence-corrected chi connectivity index (χ3v) is 5.64. The molecule has 4 heteroatoms. The van der Waals surface area contributed by atoms with Crippen molar-refractivity contribution in [1.29, 1.82) is 0 Å². The number of rotatable bonds is 3. The minimum Gasteiger partial charge on any atom is -0.339 e. The topological polar surface area (TPSA) is 49.4 Å². The van der Waals surface area contributed by atoms with Gasteiger partial charge < -0.3 is 10.2 Å². The second kappa shape index (κ2) is 8.40. The number of nitrogens with one attached hydrogen (secondary N) is 1. The van der Waals surface area contributed by atoms with E-state index in [0.29, 0.717) is 25.9 Å². The van der Waals surface area contributed by atoms with Crippen molar-refractivity contribution in [2.45, 2.75) is 52.9 Å². The van der Waals surface area contributed by atoms with Gasteiger partial charge in [0.25, 0.3) is 5.91 Å². The molecule has 154 valence electrons. The fraction of sp³-hybridized carbons (Fsp3) is 0.440. The first-order valence-corrected chi connectivity index (χ1v) is 10.4. The number of aryl methyl sites for hydroxylation is 2. The summed E-state index contributed by atoms with van der Waals surface area (Å²) in [7, 11) is 0. The van der Waals surface area contributed by atoms with Crippen LogP contribution in [0.1, 0.15) is 60.7 Å². The lowest BCUT2D eigenvalue weighted by atomic mass is 9.86. The summed E-state index contributed by atoms with van der Waals surface area (Å²) >= 11 is 0. The lowest BCUT2D eigenvalue weighted by molar-refractivity contribution is -0.121. The average Bonchev–Trinajstić information content (AvgIpc) is 2.66. The Hall–Kier alpha value is -2.62. The zero-order valence-corrected chi connectivity index (χ0v) is 18.2. The molecule has 1 fully saturated rings. The molecule has 1 aliphatic heterocycles. The Kier molecular flexibility index (Phi) is 6.11. The van der Waals surface area contributed by atoms with E-state index in [9.17, 15) is 9.59 Å². The quantitative estimate of drug-likeness (QED) is 0.791. The Balaban J connectivity index is 1.57. The summed E-state index contributed by atoms with van der Waals surface area (Å²) in [6.45, 7) is 11.8. The number of anilines is 1. The fourth-order valence-corrected chi connectivity index (χ4v) is 3.93. The van der Waals surface area contributed by atoms with Gasteiger partial charge in [0.1, 0.15) is 0 Å². The lowest BCUT2D eigenvalue weighted by Gasteiger charge is -2.31. The molecule has 0 aromatic heterocycles. The number of nitrogens with zero attached hydrogens (tertiary/aromatic N) is 1. The maximum absolute atomic E-state index is 12.8. The van der Waals surface area contributed by atoms with Crippen LogP contribution in [-0.2, 0) is 10.2 Å². The van der Waals surface area contributed by atoms with Crippen molar-refractivity contribution < 1.29 is 9.59 Å². The van der Waals surface area contributed by atoms with Crippen LogP contribution in [0.5, 0.6) is 0 Å². The van der Waals surface area contributed by atoms with Gasteiger partial charge in [-0.15, -0.1) is 0 Å². The largest absolute Gasteiger partial charge is 0.339 e. The van der Waals surface area contributed by atoms with Crippen molar-refractivity contribution in [1.82, 2.24) is 4.90 Å². The second-order valence-corrected chi connectivity index (χ2v) is 9.26. The smallest absolute Gasteiger partial charge is 0.253 e. The Labute approximate surface area is 174 Å². The summed E-state index contributed by atoms with van der Waals surface area (Å²) < 4.78 is 0. The average molecular weight is 393 g/mol. The molecular weight excluding hydrogens is 360 g/mol. The molecule has 0 aliphatic carbocycles. The molecule has 0 atom stereocenters. The van der Waals surface area contributed by atoms with Crippen LogP contribution in [0.25, 0.3) is 0 Å². The minimum atomic E-state index is -0.0527. The van der Waals surface area contributed by atoms with Crippen LogP contribution >= 0.6 is 0 Å². The van der Waals surface area contributed by atoms with E-state index >= 15 is 0 Å². The van der Waals surface area contributed by atoms with Crippen molar-refractivity contribution in [3.05, 3.63) is 64.7 Å². The van der Waals surface area contributed by atoms with Gasteiger partial charge in [0.05, 0.1) is 0 Å². The third-order valence-electron chi connectivity index (χ3n) is 5.64. The monoisotopic (exact) mass is 392 g/mol. The van der Waals surface area contributed by atoms with Gasteiger partial charge in [-0.1, -0.05) is 39.0 Å². The Bertz CT molecular complexity index is 866. The number of hydrogen-bond acceptors (Lipinski definition) is 2. The zero-order valence-electron chi connectivity index (χ0n) is 18.2. The van der Waals surface area contributed by atoms with Gasteiger partial charge in [0.15, 0.2) is 0 Å². The fourth-order valence-electron chi connectivity index (χ4n) is 3.93. The lowest BCUT2D eigenvalue weighted by Crippen LogP contribution is -2.41. The van der Waals surface area contributed by atoms with E-state index in [4.69, 9.17) is 0 Å². The molecule has 2 amide bonds. The third kappa shape index (κ3) is 5.26. The van der Waals surface area contributed by atoms with E-state index in [1.54, 1.807) is 0 Å². The summed E-state index contributed by atoms with van der Waals surface area (Å²) in [4.78, 5) is 27.3. The molecule has 1 heterocycles. The first kappa shape index (κ1) is 21.1. The molecule has 0 bridgehead atoms. The number of carbonyl (C=O) groups excluding carboxylic acids is 2. The first-order valence-electron chi connectivity index (χ1n) is 10.4. The molecule has 4 nitrogen and oxygen atoms in total. The molecule has 0 unspecified atom stereocenters. The van der Waals surface area contributed by atoms with Crippen LogP contribution in [0, 0.1) is 19.8 Å². The molecule has 0 saturated carbocycles. The Morgan fingerprint density at radius 2 is 1.48 bits per heavy atom. The summed E-state index contributed by atoms with van der Waals surface area (Å²) in [6.07, 6.45) is 1.39. The van der Waals surface area contributed by atoms with Crippen LogP contribution in [0.4, 0.5) is 5.69 Å². The molecule has 0 radical (unpaired) electrons. The number of carbonyl (C=O) groups is 2. The van der Waals surface area contributed by atoms with Crippen LogP contribution in [0.3, 0.4) is 0 Å². The van der Waals surface area contributed by atoms with Crippen molar-refractivity contribution in [3.8, 4) is 0 Å². The Morgan fingerprint density at radius 3 is 2.00 bits per heavy atom. The van der Waals surface area contributed by atoms with Crippen molar-refractivity contribution in [3.63, 3.8) is 0 Å². The van der Waals surface area contributed by atoms with Crippen LogP contribution in [0.2, 0.25) is 0 Å². The van der Waals surface area contributed by atoms with E-state index in [1.165, 1.54) is 5.56 Å². The highest BCUT2D eigenvalue weighted by Gasteiger charge is 2.28. The molecule has 2 aromatic rings.